The van der Waals surface area contributed by atoms with Crippen LogP contribution in [0.5, 0.6) is 0 Å². The van der Waals surface area contributed by atoms with Gasteiger partial charge >= 0.3 is 0 Å². The lowest BCUT2D eigenvalue weighted by Crippen LogP contribution is -2.46. The number of aliphatic hydroxyl groups is 1. The maximum absolute atomic E-state index is 12.5. The number of benzene rings is 1. The van der Waals surface area contributed by atoms with E-state index in [-0.39, 0.29) is 11.9 Å². The van der Waals surface area contributed by atoms with Crippen molar-refractivity contribution < 1.29 is 9.90 Å². The summed E-state index contributed by atoms with van der Waals surface area (Å²) < 4.78 is 0.683. The third-order valence-corrected chi connectivity index (χ3v) is 4.56. The van der Waals surface area contributed by atoms with Crippen LogP contribution in [0, 0.1) is 0 Å². The molecule has 1 amide bonds. The first kappa shape index (κ1) is 14.8. The largest absolute Gasteiger partial charge is 0.391 e. The van der Waals surface area contributed by atoms with E-state index in [1.807, 2.05) is 0 Å². The number of aliphatic hydroxyl groups excluding tert-OH is 1. The van der Waals surface area contributed by atoms with Gasteiger partial charge in [0.15, 0.2) is 0 Å². The number of rotatable bonds is 2. The predicted molar refractivity (Wildman–Crippen MR) is 79.5 cm³/mol. The molecule has 0 aliphatic heterocycles. The summed E-state index contributed by atoms with van der Waals surface area (Å²) in [4.78, 5) is 14.1. The fraction of sp³-hybridized carbons (Fsp3) is 0.500. The lowest BCUT2D eigenvalue weighted by Gasteiger charge is -2.35. The minimum absolute atomic E-state index is 0.0884. The minimum atomic E-state index is -0.422. The van der Waals surface area contributed by atoms with E-state index < -0.39 is 6.10 Å². The van der Waals surface area contributed by atoms with Crippen LogP contribution in [0.3, 0.4) is 0 Å². The highest BCUT2D eigenvalue weighted by Gasteiger charge is 2.30. The van der Waals surface area contributed by atoms with Gasteiger partial charge in [-0.05, 0) is 47.0 Å². The second-order valence-electron chi connectivity index (χ2n) is 4.96. The highest BCUT2D eigenvalue weighted by atomic mass is 79.9. The van der Waals surface area contributed by atoms with Crippen LogP contribution in [0.2, 0.25) is 5.02 Å². The molecule has 1 aromatic rings. The fourth-order valence-electron chi connectivity index (χ4n) is 2.55. The number of carbonyl (C=O) groups is 1. The lowest BCUT2D eigenvalue weighted by molar-refractivity contribution is 0.0267. The average Bonchev–Trinajstić information content (AvgIpc) is 2.38. The number of halogens is 2. The zero-order valence-electron chi connectivity index (χ0n) is 10.8. The highest BCUT2D eigenvalue weighted by molar-refractivity contribution is 9.10. The topological polar surface area (TPSA) is 40.5 Å². The minimum Gasteiger partial charge on any atom is -0.391 e. The first-order valence-corrected chi connectivity index (χ1v) is 7.58. The van der Waals surface area contributed by atoms with Crippen molar-refractivity contribution in [3.05, 3.63) is 33.3 Å². The molecule has 1 N–H and O–H groups in total. The Hall–Kier alpha value is -0.580. The molecule has 1 saturated carbocycles. The maximum Gasteiger partial charge on any atom is 0.255 e. The van der Waals surface area contributed by atoms with Crippen molar-refractivity contribution in [1.82, 2.24) is 4.90 Å². The quantitative estimate of drug-likeness (QED) is 0.890. The number of likely N-dealkylation sites (N-methyl/N-ethyl adjacent to an activating group) is 1. The molecule has 1 aliphatic carbocycles. The van der Waals surface area contributed by atoms with Crippen molar-refractivity contribution in [3.63, 3.8) is 0 Å². The predicted octanol–water partition coefficient (Wildman–Crippen LogP) is 3.48. The summed E-state index contributed by atoms with van der Waals surface area (Å²) >= 11 is 9.24. The van der Waals surface area contributed by atoms with E-state index in [9.17, 15) is 9.90 Å². The second-order valence-corrected chi connectivity index (χ2v) is 6.25. The molecule has 2 atom stereocenters. The molecular formula is C14H17BrClNO2. The molecule has 104 valence electrons. The number of amides is 1. The van der Waals surface area contributed by atoms with Gasteiger partial charge < -0.3 is 10.0 Å². The van der Waals surface area contributed by atoms with Crippen LogP contribution in [0.4, 0.5) is 0 Å². The Labute approximate surface area is 126 Å². The van der Waals surface area contributed by atoms with Gasteiger partial charge in [-0.15, -0.1) is 0 Å². The summed E-state index contributed by atoms with van der Waals surface area (Å²) in [6.07, 6.45) is 3.29. The van der Waals surface area contributed by atoms with Crippen molar-refractivity contribution in [2.75, 3.05) is 7.05 Å². The van der Waals surface area contributed by atoms with Crippen molar-refractivity contribution in [3.8, 4) is 0 Å². The van der Waals surface area contributed by atoms with Gasteiger partial charge in [-0.3, -0.25) is 4.79 Å². The van der Waals surface area contributed by atoms with Crippen molar-refractivity contribution in [2.45, 2.75) is 37.8 Å². The van der Waals surface area contributed by atoms with Gasteiger partial charge in [0, 0.05) is 16.5 Å². The molecular weight excluding hydrogens is 330 g/mol. The Morgan fingerprint density at radius 1 is 1.42 bits per heavy atom. The summed E-state index contributed by atoms with van der Waals surface area (Å²) in [5, 5.41) is 10.6. The number of nitrogens with zero attached hydrogens (tertiary/aromatic N) is 1. The third kappa shape index (κ3) is 3.30. The van der Waals surface area contributed by atoms with Crippen LogP contribution in [0.1, 0.15) is 36.0 Å². The Bertz CT molecular complexity index is 481. The van der Waals surface area contributed by atoms with Crippen molar-refractivity contribution >= 4 is 33.4 Å². The molecule has 0 heterocycles. The number of hydrogen-bond acceptors (Lipinski definition) is 2. The molecule has 5 heteroatoms. The van der Waals surface area contributed by atoms with Crippen LogP contribution in [0.15, 0.2) is 22.7 Å². The molecule has 0 saturated heterocycles. The monoisotopic (exact) mass is 345 g/mol. The molecule has 0 aromatic heterocycles. The molecule has 0 spiro atoms. The van der Waals surface area contributed by atoms with Crippen LogP contribution in [0.25, 0.3) is 0 Å². The van der Waals surface area contributed by atoms with Gasteiger partial charge in [0.1, 0.15) is 0 Å². The number of carbonyl (C=O) groups excluding carboxylic acids is 1. The van der Waals surface area contributed by atoms with Crippen LogP contribution >= 0.6 is 27.5 Å². The van der Waals surface area contributed by atoms with Gasteiger partial charge in [-0.2, -0.15) is 0 Å². The van der Waals surface area contributed by atoms with Gasteiger partial charge in [0.25, 0.3) is 5.91 Å². The first-order chi connectivity index (χ1) is 9.00. The summed E-state index contributed by atoms with van der Waals surface area (Å²) in [7, 11) is 1.75. The SMILES string of the molecule is CN(C(=O)c1ccc(Cl)cc1Br)C1CCCCC1O. The van der Waals surface area contributed by atoms with Crippen LogP contribution in [-0.2, 0) is 0 Å². The molecule has 3 nitrogen and oxygen atoms in total. The second kappa shape index (κ2) is 6.25. The zero-order valence-corrected chi connectivity index (χ0v) is 13.1. The van der Waals surface area contributed by atoms with Gasteiger partial charge in [-0.1, -0.05) is 24.4 Å². The van der Waals surface area contributed by atoms with Gasteiger partial charge in [0.2, 0.25) is 0 Å². The molecule has 2 rings (SSSR count). The van der Waals surface area contributed by atoms with Gasteiger partial charge in [-0.25, -0.2) is 0 Å². The Morgan fingerprint density at radius 2 is 2.11 bits per heavy atom. The van der Waals surface area contributed by atoms with Crippen molar-refractivity contribution in [1.29, 1.82) is 0 Å². The first-order valence-electron chi connectivity index (χ1n) is 6.41. The van der Waals surface area contributed by atoms with Crippen LogP contribution in [-0.4, -0.2) is 35.1 Å². The molecule has 1 aliphatic rings. The Balaban J connectivity index is 2.18. The van der Waals surface area contributed by atoms with Gasteiger partial charge in [0.05, 0.1) is 17.7 Å². The Kier molecular flexibility index (Phi) is 4.87. The van der Waals surface area contributed by atoms with E-state index >= 15 is 0 Å². The summed E-state index contributed by atoms with van der Waals surface area (Å²) in [5.74, 6) is -0.0884. The van der Waals surface area contributed by atoms with E-state index in [0.717, 1.165) is 25.7 Å². The summed E-state index contributed by atoms with van der Waals surface area (Å²) in [6.45, 7) is 0. The standard InChI is InChI=1S/C14H17BrClNO2/c1-17(12-4-2-3-5-13(12)18)14(19)10-7-6-9(16)8-11(10)15/h6-8,12-13,18H,2-5H2,1H3. The van der Waals surface area contributed by atoms with Crippen molar-refractivity contribution in [2.24, 2.45) is 0 Å². The molecule has 1 aromatic carbocycles. The molecule has 0 radical (unpaired) electrons. The smallest absolute Gasteiger partial charge is 0.255 e. The fourth-order valence-corrected chi connectivity index (χ4v) is 3.40. The normalized spacial score (nSPS) is 23.2. The maximum atomic E-state index is 12.5. The van der Waals surface area contributed by atoms with E-state index in [4.69, 9.17) is 11.6 Å². The average molecular weight is 347 g/mol. The van der Waals surface area contributed by atoms with E-state index in [1.54, 1.807) is 30.1 Å². The van der Waals surface area contributed by atoms with E-state index in [2.05, 4.69) is 15.9 Å². The zero-order chi connectivity index (χ0) is 14.0. The third-order valence-electron chi connectivity index (χ3n) is 3.67. The van der Waals surface area contributed by atoms with E-state index in [0.29, 0.717) is 15.1 Å². The molecule has 0 bridgehead atoms. The lowest BCUT2D eigenvalue weighted by atomic mass is 9.91. The Morgan fingerprint density at radius 3 is 2.74 bits per heavy atom. The molecule has 2 unspecified atom stereocenters. The molecule has 19 heavy (non-hydrogen) atoms. The van der Waals surface area contributed by atoms with Crippen LogP contribution < -0.4 is 0 Å². The van der Waals surface area contributed by atoms with E-state index in [1.165, 1.54) is 0 Å². The summed E-state index contributed by atoms with van der Waals surface area (Å²) in [5.41, 5.74) is 0.574. The summed E-state index contributed by atoms with van der Waals surface area (Å²) in [6, 6.07) is 5.02. The highest BCUT2D eigenvalue weighted by Crippen LogP contribution is 2.27. The number of hydrogen-bond donors (Lipinski definition) is 1. The molecule has 1 fully saturated rings.